The molecular formula is C10H12N+. The minimum absolute atomic E-state index is 0.848. The van der Waals surface area contributed by atoms with E-state index in [0.717, 1.165) is 13.0 Å². The normalized spacial score (nSPS) is 8.45. The van der Waals surface area contributed by atoms with Crippen molar-refractivity contribution in [3.8, 4) is 6.07 Å². The van der Waals surface area contributed by atoms with Gasteiger partial charge in [0.15, 0.2) is 0 Å². The maximum absolute atomic E-state index is 4.02. The van der Waals surface area contributed by atoms with E-state index < -0.39 is 0 Å². The van der Waals surface area contributed by atoms with Crippen LogP contribution in [0.5, 0.6) is 0 Å². The molecule has 1 nitrogen and oxygen atoms in total. The fourth-order valence-electron chi connectivity index (χ4n) is 0.941. The molecule has 0 saturated heterocycles. The quantitative estimate of drug-likeness (QED) is 0.604. The fraction of sp³-hybridized carbons (Fsp3) is 0.300. The minimum Gasteiger partial charge on any atom is -0.0837 e. The Kier molecular flexibility index (Phi) is 3.21. The Bertz CT molecular complexity index is 253. The molecule has 56 valence electrons. The molecule has 0 aromatic heterocycles. The van der Waals surface area contributed by atoms with Crippen molar-refractivity contribution in [2.45, 2.75) is 13.3 Å². The summed E-state index contributed by atoms with van der Waals surface area (Å²) in [4.78, 5) is 4.02. The first-order valence-corrected chi connectivity index (χ1v) is 3.80. The summed E-state index contributed by atoms with van der Waals surface area (Å²) in [5, 5.41) is 0. The van der Waals surface area contributed by atoms with Gasteiger partial charge in [-0.2, -0.15) is 0 Å². The first kappa shape index (κ1) is 7.81. The zero-order valence-corrected chi connectivity index (χ0v) is 6.75. The van der Waals surface area contributed by atoms with Crippen molar-refractivity contribution in [1.29, 1.82) is 0 Å². The first-order chi connectivity index (χ1) is 5.43. The van der Waals surface area contributed by atoms with Gasteiger partial charge in [-0.15, -0.1) is 0 Å². The Balaban J connectivity index is 2.43. The van der Waals surface area contributed by atoms with Crippen molar-refractivity contribution >= 4 is 0 Å². The summed E-state index contributed by atoms with van der Waals surface area (Å²) < 4.78 is 0. The standard InChI is InChI=1S/C10H12N/c1-2-11-9-8-10-6-4-3-5-7-10/h3-7H,8-9H2,1H3/q+1. The van der Waals surface area contributed by atoms with Crippen molar-refractivity contribution < 1.29 is 0 Å². The Morgan fingerprint density at radius 1 is 1.27 bits per heavy atom. The molecule has 0 unspecified atom stereocenters. The molecule has 0 saturated carbocycles. The lowest BCUT2D eigenvalue weighted by atomic mass is 10.2. The molecule has 0 fully saturated rings. The highest BCUT2D eigenvalue weighted by Gasteiger charge is 1.93. The van der Waals surface area contributed by atoms with E-state index in [-0.39, 0.29) is 0 Å². The average Bonchev–Trinajstić information content (AvgIpc) is 2.07. The second-order valence-corrected chi connectivity index (χ2v) is 2.34. The van der Waals surface area contributed by atoms with E-state index in [1.54, 1.807) is 0 Å². The van der Waals surface area contributed by atoms with Crippen LogP contribution in [-0.4, -0.2) is 6.54 Å². The van der Waals surface area contributed by atoms with Gasteiger partial charge in [-0.05, 0) is 5.56 Å². The zero-order valence-electron chi connectivity index (χ0n) is 6.75. The summed E-state index contributed by atoms with van der Waals surface area (Å²) >= 11 is 0. The third-order valence-corrected chi connectivity index (χ3v) is 1.51. The molecule has 0 spiro atoms. The van der Waals surface area contributed by atoms with Crippen LogP contribution in [0, 0.1) is 6.07 Å². The average molecular weight is 146 g/mol. The number of benzene rings is 1. The molecule has 1 heteroatoms. The molecule has 1 aromatic carbocycles. The molecule has 0 heterocycles. The second kappa shape index (κ2) is 4.51. The minimum atomic E-state index is 0.848. The highest BCUT2D eigenvalue weighted by Crippen LogP contribution is 1.98. The lowest BCUT2D eigenvalue weighted by Gasteiger charge is -1.89. The molecule has 0 aliphatic heterocycles. The number of nitrogens with zero attached hydrogens (tertiary/aromatic N) is 1. The summed E-state index contributed by atoms with van der Waals surface area (Å²) in [6.07, 6.45) is 1.02. The number of hydrogen-bond donors (Lipinski definition) is 0. The van der Waals surface area contributed by atoms with E-state index in [1.165, 1.54) is 5.56 Å². The third kappa shape index (κ3) is 2.86. The maximum Gasteiger partial charge on any atom is 0.269 e. The summed E-state index contributed by atoms with van der Waals surface area (Å²) in [5.41, 5.74) is 1.34. The van der Waals surface area contributed by atoms with Crippen LogP contribution in [0.15, 0.2) is 30.3 Å². The van der Waals surface area contributed by atoms with E-state index in [0.29, 0.717) is 0 Å². The lowest BCUT2D eigenvalue weighted by molar-refractivity contribution is 1.08. The van der Waals surface area contributed by atoms with Crippen LogP contribution >= 0.6 is 0 Å². The van der Waals surface area contributed by atoms with Gasteiger partial charge in [0.05, 0.1) is 6.92 Å². The van der Waals surface area contributed by atoms with Gasteiger partial charge in [0.2, 0.25) is 0 Å². The molecule has 0 aliphatic rings. The highest BCUT2D eigenvalue weighted by molar-refractivity contribution is 5.15. The van der Waals surface area contributed by atoms with Crippen LogP contribution in [0.4, 0.5) is 0 Å². The topological polar surface area (TPSA) is 4.36 Å². The molecular weight excluding hydrogens is 134 g/mol. The largest absolute Gasteiger partial charge is 0.269 e. The van der Waals surface area contributed by atoms with Crippen LogP contribution < -0.4 is 0 Å². The van der Waals surface area contributed by atoms with Crippen LogP contribution in [0.3, 0.4) is 0 Å². The van der Waals surface area contributed by atoms with Crippen molar-refractivity contribution in [2.24, 2.45) is 0 Å². The Morgan fingerprint density at radius 2 is 2.00 bits per heavy atom. The van der Waals surface area contributed by atoms with Gasteiger partial charge in [0, 0.05) is 6.42 Å². The lowest BCUT2D eigenvalue weighted by Crippen LogP contribution is -1.85. The molecule has 0 radical (unpaired) electrons. The van der Waals surface area contributed by atoms with Crippen molar-refractivity contribution in [2.75, 3.05) is 6.54 Å². The van der Waals surface area contributed by atoms with Gasteiger partial charge >= 0.3 is 0 Å². The van der Waals surface area contributed by atoms with Crippen molar-refractivity contribution in [3.63, 3.8) is 0 Å². The molecule has 0 aliphatic carbocycles. The highest BCUT2D eigenvalue weighted by atomic mass is 14.6. The zero-order chi connectivity index (χ0) is 7.94. The summed E-state index contributed by atoms with van der Waals surface area (Å²) in [6, 6.07) is 13.1. The number of hydrogen-bond acceptors (Lipinski definition) is 0. The second-order valence-electron chi connectivity index (χ2n) is 2.34. The molecule has 1 aromatic rings. The van der Waals surface area contributed by atoms with Gasteiger partial charge in [-0.25, -0.2) is 0 Å². The van der Waals surface area contributed by atoms with E-state index in [9.17, 15) is 0 Å². The molecule has 11 heavy (non-hydrogen) atoms. The predicted octanol–water partition coefficient (Wildman–Crippen LogP) is 2.58. The van der Waals surface area contributed by atoms with Gasteiger partial charge in [-0.1, -0.05) is 35.2 Å². The van der Waals surface area contributed by atoms with Gasteiger partial charge in [0.25, 0.3) is 12.6 Å². The van der Waals surface area contributed by atoms with Gasteiger partial charge in [-0.3, -0.25) is 0 Å². The summed E-state index contributed by atoms with van der Waals surface area (Å²) in [7, 11) is 0. The fourth-order valence-corrected chi connectivity index (χ4v) is 0.941. The monoisotopic (exact) mass is 146 g/mol. The van der Waals surface area contributed by atoms with E-state index in [1.807, 2.05) is 13.0 Å². The molecule has 1 rings (SSSR count). The third-order valence-electron chi connectivity index (χ3n) is 1.51. The van der Waals surface area contributed by atoms with Crippen LogP contribution in [0.1, 0.15) is 12.5 Å². The van der Waals surface area contributed by atoms with Gasteiger partial charge in [0.1, 0.15) is 0 Å². The van der Waals surface area contributed by atoms with Crippen LogP contribution in [-0.2, 0) is 6.42 Å². The summed E-state index contributed by atoms with van der Waals surface area (Å²) in [6.45, 7) is 2.67. The summed E-state index contributed by atoms with van der Waals surface area (Å²) in [5.74, 6) is 0. The SMILES string of the molecule is CC#[N+]CCc1ccccc1. The van der Waals surface area contributed by atoms with E-state index in [2.05, 4.69) is 35.2 Å². The molecule has 0 bridgehead atoms. The smallest absolute Gasteiger partial charge is 0.0837 e. The first-order valence-electron chi connectivity index (χ1n) is 3.80. The number of rotatable bonds is 2. The molecule has 0 atom stereocenters. The van der Waals surface area contributed by atoms with Crippen LogP contribution in [0.2, 0.25) is 0 Å². The predicted molar refractivity (Wildman–Crippen MR) is 47.9 cm³/mol. The van der Waals surface area contributed by atoms with Crippen LogP contribution in [0.25, 0.3) is 4.85 Å². The van der Waals surface area contributed by atoms with Gasteiger partial charge < -0.3 is 0 Å². The van der Waals surface area contributed by atoms with E-state index in [4.69, 9.17) is 0 Å². The van der Waals surface area contributed by atoms with E-state index >= 15 is 0 Å². The van der Waals surface area contributed by atoms with Crippen molar-refractivity contribution in [3.05, 3.63) is 40.7 Å². The molecule has 0 amide bonds. The Labute approximate surface area is 67.5 Å². The van der Waals surface area contributed by atoms with Crippen molar-refractivity contribution in [1.82, 2.24) is 0 Å². The Hall–Kier alpha value is -1.29. The maximum atomic E-state index is 4.02. The Morgan fingerprint density at radius 3 is 2.64 bits per heavy atom. The molecule has 0 N–H and O–H groups in total.